The van der Waals surface area contributed by atoms with Crippen LogP contribution in [0.2, 0.25) is 16.6 Å². The van der Waals surface area contributed by atoms with E-state index in [4.69, 9.17) is 0 Å². The predicted octanol–water partition coefficient (Wildman–Crippen LogP) is 5.21. The minimum Gasteiger partial charge on any atom is -0.346 e. The van der Waals surface area contributed by atoms with E-state index in [-0.39, 0.29) is 0 Å². The highest BCUT2D eigenvalue weighted by Gasteiger charge is 2.45. The Morgan fingerprint density at radius 1 is 1.05 bits per heavy atom. The molecule has 2 aromatic heterocycles. The first-order chi connectivity index (χ1) is 9.31. The Morgan fingerprint density at radius 2 is 1.60 bits per heavy atom. The summed E-state index contributed by atoms with van der Waals surface area (Å²) in [5, 5.41) is 2.87. The van der Waals surface area contributed by atoms with Crippen molar-refractivity contribution in [2.24, 2.45) is 0 Å². The Kier molecular flexibility index (Phi) is 4.45. The lowest BCUT2D eigenvalue weighted by Gasteiger charge is -2.44. The number of rotatable bonds is 4. The summed E-state index contributed by atoms with van der Waals surface area (Å²) < 4.78 is 0.946. The van der Waals surface area contributed by atoms with Crippen molar-refractivity contribution in [3.8, 4) is 0 Å². The second-order valence-electron chi connectivity index (χ2n) is 6.63. The predicted molar refractivity (Wildman–Crippen MR) is 94.5 cm³/mol. The number of nitrogens with one attached hydrogen (secondary N) is 1. The first kappa shape index (κ1) is 15.8. The molecule has 2 heterocycles. The van der Waals surface area contributed by atoms with Crippen molar-refractivity contribution in [1.82, 2.24) is 9.97 Å². The lowest BCUT2D eigenvalue weighted by atomic mass is 10.3. The lowest BCUT2D eigenvalue weighted by Crippen LogP contribution is -2.55. The van der Waals surface area contributed by atoms with Gasteiger partial charge in [0.05, 0.1) is 8.07 Å². The molecule has 1 N–H and O–H groups in total. The fourth-order valence-electron chi connectivity index (χ4n) is 4.30. The third kappa shape index (κ3) is 2.27. The van der Waals surface area contributed by atoms with E-state index < -0.39 is 8.07 Å². The van der Waals surface area contributed by atoms with Crippen LogP contribution in [0.1, 0.15) is 41.5 Å². The highest BCUT2D eigenvalue weighted by atomic mass is 79.9. The number of aromatic nitrogens is 2. The first-order valence-electron chi connectivity index (χ1n) is 7.45. The monoisotopic (exact) mass is 352 g/mol. The van der Waals surface area contributed by atoms with Crippen LogP contribution >= 0.6 is 15.9 Å². The van der Waals surface area contributed by atoms with E-state index in [1.54, 1.807) is 5.19 Å². The van der Waals surface area contributed by atoms with Crippen LogP contribution in [0, 0.1) is 0 Å². The third-order valence-corrected chi connectivity index (χ3v) is 12.3. The number of halogens is 1. The zero-order valence-corrected chi connectivity index (χ0v) is 15.9. The smallest absolute Gasteiger partial charge is 0.138 e. The molecule has 0 amide bonds. The van der Waals surface area contributed by atoms with Gasteiger partial charge in [0, 0.05) is 11.6 Å². The molecule has 2 rings (SSSR count). The minimum atomic E-state index is -1.65. The van der Waals surface area contributed by atoms with E-state index in [0.717, 1.165) is 10.3 Å². The van der Waals surface area contributed by atoms with Crippen molar-refractivity contribution in [1.29, 1.82) is 0 Å². The van der Waals surface area contributed by atoms with Gasteiger partial charge >= 0.3 is 0 Å². The van der Waals surface area contributed by atoms with Crippen LogP contribution in [0.5, 0.6) is 0 Å². The Morgan fingerprint density at radius 3 is 2.10 bits per heavy atom. The minimum absolute atomic E-state index is 0.704. The summed E-state index contributed by atoms with van der Waals surface area (Å²) in [5.41, 5.74) is 3.12. The summed E-state index contributed by atoms with van der Waals surface area (Å²) in [6.07, 6.45) is 2.01. The normalized spacial score (nSPS) is 13.1. The van der Waals surface area contributed by atoms with Gasteiger partial charge < -0.3 is 4.98 Å². The number of H-pyrrole nitrogens is 1. The van der Waals surface area contributed by atoms with Crippen molar-refractivity contribution in [3.05, 3.63) is 22.9 Å². The summed E-state index contributed by atoms with van der Waals surface area (Å²) in [6, 6.07) is 4.47. The molecule has 2 nitrogen and oxygen atoms in total. The molecule has 0 atom stereocenters. The van der Waals surface area contributed by atoms with E-state index in [1.807, 2.05) is 6.20 Å². The van der Waals surface area contributed by atoms with Crippen molar-refractivity contribution in [2.45, 2.75) is 58.2 Å². The maximum atomic E-state index is 4.57. The molecular formula is C16H25BrN2Si. The number of aromatic amines is 1. The standard InChI is InChI=1S/C16H25BrN2Si/c1-10(2)20(11(3)4,12(5)6)14-9-15(17)19-16-13(14)7-8-18-16/h7-12H,1-6H3,(H,18,19). The van der Waals surface area contributed by atoms with Crippen LogP contribution in [0.3, 0.4) is 0 Å². The Bertz CT molecular complexity index is 580. The van der Waals surface area contributed by atoms with Gasteiger partial charge in [0.2, 0.25) is 0 Å². The lowest BCUT2D eigenvalue weighted by molar-refractivity contribution is 0.835. The number of hydrogen-bond acceptors (Lipinski definition) is 1. The fourth-order valence-corrected chi connectivity index (χ4v) is 11.8. The number of pyridine rings is 1. The quantitative estimate of drug-likeness (QED) is 0.593. The molecule has 110 valence electrons. The number of fused-ring (bicyclic) bond motifs is 1. The van der Waals surface area contributed by atoms with E-state index in [1.165, 1.54) is 5.39 Å². The molecule has 0 radical (unpaired) electrons. The molecule has 2 aromatic rings. The average Bonchev–Trinajstić information content (AvgIpc) is 2.75. The zero-order valence-electron chi connectivity index (χ0n) is 13.3. The van der Waals surface area contributed by atoms with Crippen LogP contribution in [0.15, 0.2) is 22.9 Å². The molecular weight excluding hydrogens is 328 g/mol. The molecule has 4 heteroatoms. The second-order valence-corrected chi connectivity index (χ2v) is 13.3. The largest absolute Gasteiger partial charge is 0.346 e. The van der Waals surface area contributed by atoms with Crippen molar-refractivity contribution in [3.63, 3.8) is 0 Å². The van der Waals surface area contributed by atoms with Crippen LogP contribution < -0.4 is 5.19 Å². The molecule has 0 aliphatic heterocycles. The summed E-state index contributed by atoms with van der Waals surface area (Å²) in [5.74, 6) is 0. The average molecular weight is 353 g/mol. The first-order valence-corrected chi connectivity index (χ1v) is 10.5. The molecule has 0 spiro atoms. The summed E-state index contributed by atoms with van der Waals surface area (Å²) >= 11 is 3.60. The van der Waals surface area contributed by atoms with Gasteiger partial charge in [-0.1, -0.05) is 41.5 Å². The molecule has 0 bridgehead atoms. The van der Waals surface area contributed by atoms with Gasteiger partial charge in [-0.25, -0.2) is 4.98 Å². The van der Waals surface area contributed by atoms with E-state index in [0.29, 0.717) is 16.6 Å². The Balaban J connectivity index is 2.84. The van der Waals surface area contributed by atoms with E-state index in [9.17, 15) is 0 Å². The van der Waals surface area contributed by atoms with Crippen LogP contribution in [-0.2, 0) is 0 Å². The van der Waals surface area contributed by atoms with Crippen molar-refractivity contribution >= 4 is 40.2 Å². The van der Waals surface area contributed by atoms with Gasteiger partial charge in [-0.15, -0.1) is 0 Å². The molecule has 20 heavy (non-hydrogen) atoms. The van der Waals surface area contributed by atoms with E-state index >= 15 is 0 Å². The molecule has 0 saturated heterocycles. The van der Waals surface area contributed by atoms with Crippen molar-refractivity contribution < 1.29 is 0 Å². The molecule has 0 unspecified atom stereocenters. The maximum absolute atomic E-state index is 4.57. The Labute approximate surface area is 131 Å². The zero-order chi connectivity index (χ0) is 15.1. The summed E-state index contributed by atoms with van der Waals surface area (Å²) in [6.45, 7) is 14.4. The summed E-state index contributed by atoms with van der Waals surface area (Å²) in [4.78, 5) is 7.84. The molecule has 0 aromatic carbocycles. The molecule has 0 saturated carbocycles. The van der Waals surface area contributed by atoms with Gasteiger partial charge in [-0.2, -0.15) is 0 Å². The molecule has 0 fully saturated rings. The number of nitrogens with zero attached hydrogens (tertiary/aromatic N) is 1. The van der Waals surface area contributed by atoms with Crippen LogP contribution in [0.25, 0.3) is 11.0 Å². The maximum Gasteiger partial charge on any atom is 0.138 e. The highest BCUT2D eigenvalue weighted by Crippen LogP contribution is 2.42. The van der Waals surface area contributed by atoms with Crippen molar-refractivity contribution in [2.75, 3.05) is 0 Å². The van der Waals surface area contributed by atoms with Gasteiger partial charge in [0.1, 0.15) is 10.3 Å². The third-order valence-electron chi connectivity index (χ3n) is 4.83. The molecule has 0 aliphatic rings. The van der Waals surface area contributed by atoms with Gasteiger partial charge in [-0.3, -0.25) is 0 Å². The Hall–Kier alpha value is -0.613. The van der Waals surface area contributed by atoms with Gasteiger partial charge in [0.25, 0.3) is 0 Å². The fraction of sp³-hybridized carbons (Fsp3) is 0.562. The summed E-state index contributed by atoms with van der Waals surface area (Å²) in [7, 11) is -1.65. The highest BCUT2D eigenvalue weighted by molar-refractivity contribution is 9.10. The SMILES string of the molecule is CC(C)[Si](c1cc(Br)nc2[nH]ccc12)(C(C)C)C(C)C. The van der Waals surface area contributed by atoms with E-state index in [2.05, 4.69) is 79.6 Å². The van der Waals surface area contributed by atoms with Crippen LogP contribution in [0.4, 0.5) is 0 Å². The van der Waals surface area contributed by atoms with Crippen LogP contribution in [-0.4, -0.2) is 18.0 Å². The topological polar surface area (TPSA) is 28.7 Å². The van der Waals surface area contributed by atoms with Gasteiger partial charge in [-0.05, 0) is 49.9 Å². The van der Waals surface area contributed by atoms with Gasteiger partial charge in [0.15, 0.2) is 0 Å². The second kappa shape index (κ2) is 5.64. The number of hydrogen-bond donors (Lipinski definition) is 1. The molecule has 0 aliphatic carbocycles.